The summed E-state index contributed by atoms with van der Waals surface area (Å²) < 4.78 is 69.4. The summed E-state index contributed by atoms with van der Waals surface area (Å²) >= 11 is 0. The normalized spacial score (nSPS) is 15.4. The highest BCUT2D eigenvalue weighted by molar-refractivity contribution is 6.05. The van der Waals surface area contributed by atoms with Gasteiger partial charge in [0.05, 0.1) is 11.7 Å². The highest BCUT2D eigenvalue weighted by Gasteiger charge is 2.38. The molecule has 212 valence electrons. The third kappa shape index (κ3) is 10.1. The lowest BCUT2D eigenvalue weighted by atomic mass is 10.2. The number of rotatable bonds is 4. The fraction of sp³-hybridized carbons (Fsp3) is 0.318. The summed E-state index contributed by atoms with van der Waals surface area (Å²) in [7, 11) is 2.07. The molecule has 17 heteroatoms. The SMILES string of the molecule is CN1CC[C@H](Oc2cc(C(=O)Nc3ccc4[nH]ncc4c3)ccn2)C1.O=C(O)C(F)(F)F.O=C(O)C(F)(F)F. The first kappa shape index (κ1) is 30.8. The van der Waals surface area contributed by atoms with Crippen LogP contribution in [0.2, 0.25) is 0 Å². The average Bonchev–Trinajstić information content (AvgIpc) is 3.47. The van der Waals surface area contributed by atoms with Crippen LogP contribution in [0.5, 0.6) is 5.88 Å². The summed E-state index contributed by atoms with van der Waals surface area (Å²) in [6.07, 6.45) is -5.75. The van der Waals surface area contributed by atoms with Gasteiger partial charge in [-0.1, -0.05) is 0 Å². The summed E-state index contributed by atoms with van der Waals surface area (Å²) in [5.74, 6) is -5.23. The van der Waals surface area contributed by atoms with Gasteiger partial charge >= 0.3 is 24.3 Å². The van der Waals surface area contributed by atoms with E-state index < -0.39 is 24.3 Å². The number of carbonyl (C=O) groups is 3. The molecular formula is C22H21F6N5O6. The zero-order valence-corrected chi connectivity index (χ0v) is 19.9. The third-order valence-corrected chi connectivity index (χ3v) is 4.82. The number of likely N-dealkylation sites (N-methyl/N-ethyl adjacent to an activating group) is 1. The van der Waals surface area contributed by atoms with Crippen molar-refractivity contribution in [3.63, 3.8) is 0 Å². The van der Waals surface area contributed by atoms with Crippen LogP contribution in [0.15, 0.2) is 42.7 Å². The van der Waals surface area contributed by atoms with Gasteiger partial charge in [-0.25, -0.2) is 14.6 Å². The first-order valence-electron chi connectivity index (χ1n) is 10.7. The van der Waals surface area contributed by atoms with Crippen molar-refractivity contribution in [1.82, 2.24) is 20.1 Å². The molecule has 1 fully saturated rings. The summed E-state index contributed by atoms with van der Waals surface area (Å²) in [5.41, 5.74) is 2.17. The molecule has 2 aromatic heterocycles. The molecule has 4 N–H and O–H groups in total. The topological polar surface area (TPSA) is 158 Å². The minimum absolute atomic E-state index is 0.124. The van der Waals surface area contributed by atoms with E-state index in [0.29, 0.717) is 11.4 Å². The quantitative estimate of drug-likeness (QED) is 0.347. The molecule has 1 atom stereocenters. The molecule has 39 heavy (non-hydrogen) atoms. The molecular weight excluding hydrogens is 544 g/mol. The minimum Gasteiger partial charge on any atom is -0.475 e. The van der Waals surface area contributed by atoms with Crippen LogP contribution in [0.25, 0.3) is 10.9 Å². The molecule has 1 aromatic carbocycles. The van der Waals surface area contributed by atoms with Crippen molar-refractivity contribution in [3.05, 3.63) is 48.3 Å². The highest BCUT2D eigenvalue weighted by Crippen LogP contribution is 2.20. The van der Waals surface area contributed by atoms with Crippen molar-refractivity contribution >= 4 is 34.4 Å². The second-order valence-electron chi connectivity index (χ2n) is 7.91. The Labute approximate surface area is 215 Å². The van der Waals surface area contributed by atoms with Crippen LogP contribution in [0.3, 0.4) is 0 Å². The molecule has 0 spiro atoms. The Morgan fingerprint density at radius 3 is 2.21 bits per heavy atom. The molecule has 1 amide bonds. The van der Waals surface area contributed by atoms with Crippen molar-refractivity contribution in [2.75, 3.05) is 25.5 Å². The molecule has 4 rings (SSSR count). The van der Waals surface area contributed by atoms with Crippen molar-refractivity contribution in [2.24, 2.45) is 0 Å². The van der Waals surface area contributed by atoms with E-state index in [9.17, 15) is 31.1 Å². The van der Waals surface area contributed by atoms with E-state index in [4.69, 9.17) is 24.5 Å². The summed E-state index contributed by atoms with van der Waals surface area (Å²) in [5, 5.41) is 25.0. The Hall–Kier alpha value is -4.41. The zero-order chi connectivity index (χ0) is 29.4. The van der Waals surface area contributed by atoms with Gasteiger partial charge in [0, 0.05) is 42.0 Å². The van der Waals surface area contributed by atoms with Gasteiger partial charge in [0.15, 0.2) is 0 Å². The van der Waals surface area contributed by atoms with E-state index in [1.165, 1.54) is 0 Å². The standard InChI is InChI=1S/C18H19N5O2.2C2HF3O2/c1-23-7-5-15(11-23)25-17-9-12(4-6-19-17)18(24)21-14-2-3-16-13(8-14)10-20-22-16;2*3-2(4,5)1(6)7/h2-4,6,8-10,15H,5,7,11H2,1H3,(H,20,22)(H,21,24);2*(H,6,7)/t15-;;/m0../s1. The van der Waals surface area contributed by atoms with Crippen molar-refractivity contribution in [3.8, 4) is 5.88 Å². The number of ether oxygens (including phenoxy) is 1. The maximum atomic E-state index is 12.5. The van der Waals surface area contributed by atoms with Crippen LogP contribution in [-0.2, 0) is 9.59 Å². The second kappa shape index (κ2) is 12.9. The highest BCUT2D eigenvalue weighted by atomic mass is 19.4. The Balaban J connectivity index is 0.000000317. The summed E-state index contributed by atoms with van der Waals surface area (Å²) in [6.45, 7) is 1.89. The first-order chi connectivity index (χ1) is 18.1. The van der Waals surface area contributed by atoms with Crippen LogP contribution in [-0.4, -0.2) is 86.7 Å². The molecule has 0 saturated carbocycles. The molecule has 0 aliphatic carbocycles. The fourth-order valence-electron chi connectivity index (χ4n) is 3.00. The number of H-pyrrole nitrogens is 1. The predicted octanol–water partition coefficient (Wildman–Crippen LogP) is 3.56. The van der Waals surface area contributed by atoms with Crippen molar-refractivity contribution in [1.29, 1.82) is 0 Å². The lowest BCUT2D eigenvalue weighted by Crippen LogP contribution is -2.22. The number of aliphatic carboxylic acids is 2. The number of amides is 1. The van der Waals surface area contributed by atoms with E-state index in [2.05, 4.69) is 32.4 Å². The lowest BCUT2D eigenvalue weighted by molar-refractivity contribution is -0.193. The predicted molar refractivity (Wildman–Crippen MR) is 122 cm³/mol. The van der Waals surface area contributed by atoms with Crippen molar-refractivity contribution in [2.45, 2.75) is 24.9 Å². The van der Waals surface area contributed by atoms with E-state index in [1.807, 2.05) is 18.2 Å². The number of nitrogens with zero attached hydrogens (tertiary/aromatic N) is 3. The number of aromatic amines is 1. The number of aromatic nitrogens is 3. The molecule has 3 heterocycles. The first-order valence-corrected chi connectivity index (χ1v) is 10.7. The van der Waals surface area contributed by atoms with E-state index in [1.54, 1.807) is 24.5 Å². The van der Waals surface area contributed by atoms with Gasteiger partial charge in [-0.3, -0.25) is 9.89 Å². The van der Waals surface area contributed by atoms with Gasteiger partial charge in [0.25, 0.3) is 5.91 Å². The Bertz CT molecular complexity index is 1270. The summed E-state index contributed by atoms with van der Waals surface area (Å²) in [6, 6.07) is 8.97. The van der Waals surface area contributed by atoms with Gasteiger partial charge in [-0.05, 0) is 37.7 Å². The Morgan fingerprint density at radius 1 is 1.05 bits per heavy atom. The van der Waals surface area contributed by atoms with Crippen molar-refractivity contribution < 1.29 is 55.7 Å². The number of hydrogen-bond donors (Lipinski definition) is 4. The number of carbonyl (C=O) groups excluding carboxylic acids is 1. The van der Waals surface area contributed by atoms with E-state index in [0.717, 1.165) is 36.1 Å². The second-order valence-corrected chi connectivity index (χ2v) is 7.91. The largest absolute Gasteiger partial charge is 0.490 e. The van der Waals surface area contributed by atoms with Gasteiger partial charge < -0.3 is 25.2 Å². The number of carboxylic acids is 2. The number of benzene rings is 1. The number of alkyl halides is 6. The van der Waals surface area contributed by atoms with Gasteiger partial charge in [0.1, 0.15) is 6.10 Å². The third-order valence-electron chi connectivity index (χ3n) is 4.82. The zero-order valence-electron chi connectivity index (χ0n) is 19.9. The molecule has 0 radical (unpaired) electrons. The van der Waals surface area contributed by atoms with Crippen LogP contribution in [0.4, 0.5) is 32.0 Å². The molecule has 0 bridgehead atoms. The minimum atomic E-state index is -5.08. The van der Waals surface area contributed by atoms with E-state index >= 15 is 0 Å². The maximum Gasteiger partial charge on any atom is 0.490 e. The Morgan fingerprint density at radius 2 is 1.67 bits per heavy atom. The molecule has 0 unspecified atom stereocenters. The number of carboxylic acid groups (broad SMARTS) is 2. The fourth-order valence-corrected chi connectivity index (χ4v) is 3.00. The number of nitrogens with one attached hydrogen (secondary N) is 2. The molecule has 11 nitrogen and oxygen atoms in total. The monoisotopic (exact) mass is 565 g/mol. The summed E-state index contributed by atoms with van der Waals surface area (Å²) in [4.78, 5) is 36.7. The number of likely N-dealkylation sites (tertiary alicyclic amines) is 1. The van der Waals surface area contributed by atoms with Gasteiger partial charge in [0.2, 0.25) is 5.88 Å². The number of pyridine rings is 1. The molecule has 1 saturated heterocycles. The Kier molecular flexibility index (Phi) is 10.2. The van der Waals surface area contributed by atoms with Gasteiger partial charge in [-0.2, -0.15) is 31.4 Å². The van der Waals surface area contributed by atoms with Crippen LogP contribution < -0.4 is 10.1 Å². The maximum absolute atomic E-state index is 12.5. The number of halogens is 6. The molecule has 3 aromatic rings. The van der Waals surface area contributed by atoms with Crippen LogP contribution in [0, 0.1) is 0 Å². The average molecular weight is 565 g/mol. The van der Waals surface area contributed by atoms with Crippen LogP contribution in [0.1, 0.15) is 16.8 Å². The lowest BCUT2D eigenvalue weighted by Gasteiger charge is -2.13. The van der Waals surface area contributed by atoms with Crippen LogP contribution >= 0.6 is 0 Å². The number of fused-ring (bicyclic) bond motifs is 1. The number of hydrogen-bond acceptors (Lipinski definition) is 7. The number of anilines is 1. The van der Waals surface area contributed by atoms with E-state index in [-0.39, 0.29) is 12.0 Å². The molecule has 1 aliphatic rings. The molecule has 1 aliphatic heterocycles. The smallest absolute Gasteiger partial charge is 0.475 e. The van der Waals surface area contributed by atoms with Gasteiger partial charge in [-0.15, -0.1) is 0 Å².